The number of halogens is 2. The van der Waals surface area contributed by atoms with Gasteiger partial charge in [0.25, 0.3) is 0 Å². The van der Waals surface area contributed by atoms with Gasteiger partial charge in [-0.2, -0.15) is 0 Å². The highest BCUT2D eigenvalue weighted by molar-refractivity contribution is 6.45. The van der Waals surface area contributed by atoms with Crippen LogP contribution in [-0.4, -0.2) is 22.1 Å². The molecule has 0 aliphatic carbocycles. The zero-order chi connectivity index (χ0) is 12.6. The monoisotopic (exact) mass is 272 g/mol. The lowest BCUT2D eigenvalue weighted by molar-refractivity contribution is -0.138. The van der Waals surface area contributed by atoms with Gasteiger partial charge in [0.15, 0.2) is 0 Å². The van der Waals surface area contributed by atoms with Crippen LogP contribution in [0.4, 0.5) is 0 Å². The van der Waals surface area contributed by atoms with Crippen molar-refractivity contribution >= 4 is 40.1 Å². The lowest BCUT2D eigenvalue weighted by Gasteiger charge is -2.05. The molecule has 2 rings (SSSR count). The Morgan fingerprint density at radius 1 is 1.47 bits per heavy atom. The number of aliphatic carboxylic acids is 1. The summed E-state index contributed by atoms with van der Waals surface area (Å²) in [5.74, 6) is -1.03. The van der Waals surface area contributed by atoms with Crippen molar-refractivity contribution in [3.8, 4) is 0 Å². The number of aromatic amines is 1. The molecule has 4 N–H and O–H groups in total. The van der Waals surface area contributed by atoms with E-state index in [9.17, 15) is 4.79 Å². The average Bonchev–Trinajstić information content (AvgIpc) is 2.67. The Bertz CT molecular complexity index is 580. The molecule has 6 heteroatoms. The number of nitrogens with one attached hydrogen (secondary N) is 1. The second-order valence-electron chi connectivity index (χ2n) is 3.75. The molecule has 17 heavy (non-hydrogen) atoms. The predicted molar refractivity (Wildman–Crippen MR) is 67.6 cm³/mol. The number of hydrogen-bond acceptors (Lipinski definition) is 2. The minimum atomic E-state index is -1.03. The van der Waals surface area contributed by atoms with Crippen molar-refractivity contribution in [2.45, 2.75) is 12.5 Å². The van der Waals surface area contributed by atoms with Crippen LogP contribution < -0.4 is 5.73 Å². The zero-order valence-corrected chi connectivity index (χ0v) is 10.2. The predicted octanol–water partition coefficient (Wildman–Crippen LogP) is 2.43. The Morgan fingerprint density at radius 2 is 2.18 bits per heavy atom. The molecule has 1 aromatic carbocycles. The summed E-state index contributed by atoms with van der Waals surface area (Å²) < 4.78 is 0. The van der Waals surface area contributed by atoms with Crippen molar-refractivity contribution in [2.75, 3.05) is 0 Å². The van der Waals surface area contributed by atoms with Crippen LogP contribution in [-0.2, 0) is 11.2 Å². The van der Waals surface area contributed by atoms with Crippen molar-refractivity contribution in [1.29, 1.82) is 0 Å². The van der Waals surface area contributed by atoms with E-state index in [0.717, 1.165) is 10.9 Å². The number of fused-ring (bicyclic) bond motifs is 1. The molecule has 0 amide bonds. The van der Waals surface area contributed by atoms with Gasteiger partial charge in [-0.25, -0.2) is 0 Å². The first-order valence-corrected chi connectivity index (χ1v) is 5.68. The molecule has 0 saturated carbocycles. The summed E-state index contributed by atoms with van der Waals surface area (Å²) in [7, 11) is 0. The second kappa shape index (κ2) is 4.56. The van der Waals surface area contributed by atoms with Gasteiger partial charge in [0.05, 0.1) is 15.6 Å². The standard InChI is InChI=1S/C11H10Cl2N2O2/c12-7-2-1-6-5(3-8(14)11(16)17)4-15-10(6)9(7)13/h1-2,4,8,15H,3,14H2,(H,16,17). The highest BCUT2D eigenvalue weighted by Gasteiger charge is 2.16. The van der Waals surface area contributed by atoms with Crippen LogP contribution in [0.15, 0.2) is 18.3 Å². The molecule has 0 saturated heterocycles. The molecular weight excluding hydrogens is 263 g/mol. The molecule has 4 nitrogen and oxygen atoms in total. The molecule has 0 spiro atoms. The van der Waals surface area contributed by atoms with Crippen molar-refractivity contribution in [2.24, 2.45) is 5.73 Å². The third-order valence-electron chi connectivity index (χ3n) is 2.59. The number of carboxylic acid groups (broad SMARTS) is 1. The van der Waals surface area contributed by atoms with Gasteiger partial charge in [0.1, 0.15) is 6.04 Å². The molecule has 1 heterocycles. The molecule has 0 radical (unpaired) electrons. The van der Waals surface area contributed by atoms with E-state index in [1.54, 1.807) is 18.3 Å². The number of nitrogens with two attached hydrogens (primary N) is 1. The number of carboxylic acids is 1. The number of carbonyl (C=O) groups is 1. The van der Waals surface area contributed by atoms with Crippen LogP contribution in [0.2, 0.25) is 10.0 Å². The second-order valence-corrected chi connectivity index (χ2v) is 4.53. The van der Waals surface area contributed by atoms with Crippen LogP contribution >= 0.6 is 23.2 Å². The van der Waals surface area contributed by atoms with E-state index in [2.05, 4.69) is 4.98 Å². The first kappa shape index (κ1) is 12.2. The molecule has 0 bridgehead atoms. The Morgan fingerprint density at radius 3 is 2.82 bits per heavy atom. The molecule has 0 aliphatic heterocycles. The summed E-state index contributed by atoms with van der Waals surface area (Å²) in [6, 6.07) is 2.54. The largest absolute Gasteiger partial charge is 0.480 e. The maximum atomic E-state index is 10.7. The molecule has 1 aromatic heterocycles. The molecule has 0 fully saturated rings. The molecule has 2 aromatic rings. The van der Waals surface area contributed by atoms with Crippen molar-refractivity contribution in [3.05, 3.63) is 33.9 Å². The Kier molecular flexibility index (Phi) is 3.28. The lowest BCUT2D eigenvalue weighted by atomic mass is 10.1. The molecule has 90 valence electrons. The van der Waals surface area contributed by atoms with Crippen molar-refractivity contribution in [3.63, 3.8) is 0 Å². The zero-order valence-electron chi connectivity index (χ0n) is 8.71. The van der Waals surface area contributed by atoms with Gasteiger partial charge in [0, 0.05) is 18.0 Å². The van der Waals surface area contributed by atoms with E-state index in [1.807, 2.05) is 0 Å². The lowest BCUT2D eigenvalue weighted by Crippen LogP contribution is -2.32. The minimum absolute atomic E-state index is 0.243. The van der Waals surface area contributed by atoms with E-state index in [0.29, 0.717) is 15.6 Å². The van der Waals surface area contributed by atoms with E-state index < -0.39 is 12.0 Å². The Labute approximate surface area is 107 Å². The number of benzene rings is 1. The van der Waals surface area contributed by atoms with Gasteiger partial charge in [-0.05, 0) is 11.6 Å². The number of hydrogen-bond donors (Lipinski definition) is 3. The topological polar surface area (TPSA) is 79.1 Å². The average molecular weight is 273 g/mol. The van der Waals surface area contributed by atoms with Crippen LogP contribution in [0.5, 0.6) is 0 Å². The smallest absolute Gasteiger partial charge is 0.320 e. The molecule has 1 atom stereocenters. The fraction of sp³-hybridized carbons (Fsp3) is 0.182. The number of rotatable bonds is 3. The maximum absolute atomic E-state index is 10.7. The van der Waals surface area contributed by atoms with Crippen LogP contribution in [0, 0.1) is 0 Å². The van der Waals surface area contributed by atoms with E-state index in [4.69, 9.17) is 34.0 Å². The van der Waals surface area contributed by atoms with E-state index >= 15 is 0 Å². The summed E-state index contributed by atoms with van der Waals surface area (Å²) in [5.41, 5.74) is 7.01. The van der Waals surface area contributed by atoms with Gasteiger partial charge < -0.3 is 15.8 Å². The van der Waals surface area contributed by atoms with E-state index in [1.165, 1.54) is 0 Å². The quantitative estimate of drug-likeness (QED) is 0.803. The van der Waals surface area contributed by atoms with E-state index in [-0.39, 0.29) is 6.42 Å². The van der Waals surface area contributed by atoms with Crippen LogP contribution in [0.1, 0.15) is 5.56 Å². The van der Waals surface area contributed by atoms with Crippen molar-refractivity contribution in [1.82, 2.24) is 4.98 Å². The summed E-state index contributed by atoms with van der Waals surface area (Å²) in [6.45, 7) is 0. The van der Waals surface area contributed by atoms with Gasteiger partial charge in [0.2, 0.25) is 0 Å². The number of aromatic nitrogens is 1. The highest BCUT2D eigenvalue weighted by atomic mass is 35.5. The molecule has 0 aliphatic rings. The van der Waals surface area contributed by atoms with Gasteiger partial charge in [-0.15, -0.1) is 0 Å². The van der Waals surface area contributed by atoms with Gasteiger partial charge in [-0.3, -0.25) is 4.79 Å². The Balaban J connectivity index is 2.44. The fourth-order valence-electron chi connectivity index (χ4n) is 1.69. The van der Waals surface area contributed by atoms with Crippen LogP contribution in [0.25, 0.3) is 10.9 Å². The summed E-state index contributed by atoms with van der Waals surface area (Å²) >= 11 is 11.9. The SMILES string of the molecule is NC(Cc1c[nH]c2c(Cl)c(Cl)ccc12)C(=O)O. The van der Waals surface area contributed by atoms with Crippen LogP contribution in [0.3, 0.4) is 0 Å². The fourth-order valence-corrected chi connectivity index (χ4v) is 2.07. The normalized spacial score (nSPS) is 12.9. The first-order valence-electron chi connectivity index (χ1n) is 4.93. The number of H-pyrrole nitrogens is 1. The summed E-state index contributed by atoms with van der Waals surface area (Å²) in [4.78, 5) is 13.7. The van der Waals surface area contributed by atoms with Gasteiger partial charge >= 0.3 is 5.97 Å². The highest BCUT2D eigenvalue weighted by Crippen LogP contribution is 2.31. The molecule has 1 unspecified atom stereocenters. The maximum Gasteiger partial charge on any atom is 0.320 e. The Hall–Kier alpha value is -1.23. The minimum Gasteiger partial charge on any atom is -0.480 e. The first-order chi connectivity index (χ1) is 8.00. The molecular formula is C11H10Cl2N2O2. The third kappa shape index (κ3) is 2.24. The van der Waals surface area contributed by atoms with Gasteiger partial charge in [-0.1, -0.05) is 29.3 Å². The summed E-state index contributed by atoms with van der Waals surface area (Å²) in [5, 5.41) is 10.5. The summed E-state index contributed by atoms with van der Waals surface area (Å²) in [6.07, 6.45) is 1.95. The van der Waals surface area contributed by atoms with Crippen molar-refractivity contribution < 1.29 is 9.90 Å². The third-order valence-corrected chi connectivity index (χ3v) is 3.39.